The van der Waals surface area contributed by atoms with E-state index in [0.717, 1.165) is 12.6 Å². The van der Waals surface area contributed by atoms with Gasteiger partial charge in [-0.3, -0.25) is 9.67 Å². The number of methoxy groups -OCH3 is 1. The van der Waals surface area contributed by atoms with E-state index < -0.39 is 11.9 Å². The van der Waals surface area contributed by atoms with Crippen molar-refractivity contribution in [2.45, 2.75) is 26.0 Å². The van der Waals surface area contributed by atoms with E-state index in [2.05, 4.69) is 10.1 Å². The molecular formula is C13H16FN3O2. The summed E-state index contributed by atoms with van der Waals surface area (Å²) in [6.07, 6.45) is 2.51. The molecular weight excluding hydrogens is 249 g/mol. The molecule has 1 unspecified atom stereocenters. The molecule has 0 aliphatic rings. The number of aliphatic hydroxyl groups is 1. The van der Waals surface area contributed by atoms with Crippen LogP contribution < -0.4 is 4.74 Å². The van der Waals surface area contributed by atoms with Gasteiger partial charge in [-0.1, -0.05) is 6.92 Å². The summed E-state index contributed by atoms with van der Waals surface area (Å²) in [5.74, 6) is 0.0528. The Kier molecular flexibility index (Phi) is 4.11. The van der Waals surface area contributed by atoms with Gasteiger partial charge in [-0.15, -0.1) is 0 Å². The largest absolute Gasteiger partial charge is 0.493 e. The number of halogens is 1. The average molecular weight is 265 g/mol. The molecule has 2 heterocycles. The third-order valence-corrected chi connectivity index (χ3v) is 2.79. The molecule has 5 nitrogen and oxygen atoms in total. The van der Waals surface area contributed by atoms with Gasteiger partial charge < -0.3 is 9.84 Å². The molecule has 1 N–H and O–H groups in total. The second-order valence-electron chi connectivity index (χ2n) is 4.13. The molecule has 6 heteroatoms. The maximum absolute atomic E-state index is 12.9. The lowest BCUT2D eigenvalue weighted by molar-refractivity contribution is 0.197. The van der Waals surface area contributed by atoms with Crippen LogP contribution >= 0.6 is 0 Å². The van der Waals surface area contributed by atoms with E-state index >= 15 is 0 Å². The molecule has 2 rings (SSSR count). The maximum Gasteiger partial charge on any atom is 0.163 e. The van der Waals surface area contributed by atoms with Crippen molar-refractivity contribution in [1.82, 2.24) is 14.8 Å². The van der Waals surface area contributed by atoms with Crippen LogP contribution in [0.2, 0.25) is 0 Å². The molecule has 0 amide bonds. The Morgan fingerprint density at radius 2 is 2.21 bits per heavy atom. The van der Waals surface area contributed by atoms with E-state index in [9.17, 15) is 9.50 Å². The molecule has 0 aromatic carbocycles. The molecule has 0 aliphatic carbocycles. The molecule has 102 valence electrons. The van der Waals surface area contributed by atoms with Crippen molar-refractivity contribution in [3.05, 3.63) is 41.7 Å². The molecule has 2 aromatic heterocycles. The predicted molar refractivity (Wildman–Crippen MR) is 67.3 cm³/mol. The highest BCUT2D eigenvalue weighted by Crippen LogP contribution is 2.29. The zero-order valence-corrected chi connectivity index (χ0v) is 10.9. The SMILES string of the molecule is CCCn1ncc(OC)c1C(O)c1ccc(F)cn1. The van der Waals surface area contributed by atoms with Gasteiger partial charge in [0.2, 0.25) is 0 Å². The number of pyridine rings is 1. The molecule has 19 heavy (non-hydrogen) atoms. The van der Waals surface area contributed by atoms with Crippen molar-refractivity contribution in [2.24, 2.45) is 0 Å². The quantitative estimate of drug-likeness (QED) is 0.897. The van der Waals surface area contributed by atoms with E-state index in [0.29, 0.717) is 23.7 Å². The van der Waals surface area contributed by atoms with Gasteiger partial charge in [0, 0.05) is 6.54 Å². The summed E-state index contributed by atoms with van der Waals surface area (Å²) in [6.45, 7) is 2.68. The smallest absolute Gasteiger partial charge is 0.163 e. The summed E-state index contributed by atoms with van der Waals surface area (Å²) in [7, 11) is 1.52. The van der Waals surface area contributed by atoms with Crippen LogP contribution in [-0.2, 0) is 6.54 Å². The first-order valence-corrected chi connectivity index (χ1v) is 6.06. The normalized spacial score (nSPS) is 12.4. The van der Waals surface area contributed by atoms with Crippen LogP contribution in [0, 0.1) is 5.82 Å². The average Bonchev–Trinajstić information content (AvgIpc) is 2.82. The minimum absolute atomic E-state index is 0.359. The lowest BCUT2D eigenvalue weighted by atomic mass is 10.1. The van der Waals surface area contributed by atoms with E-state index in [-0.39, 0.29) is 0 Å². The van der Waals surface area contributed by atoms with Crippen molar-refractivity contribution in [3.63, 3.8) is 0 Å². The maximum atomic E-state index is 12.9. The second-order valence-corrected chi connectivity index (χ2v) is 4.13. The highest BCUT2D eigenvalue weighted by Gasteiger charge is 2.22. The number of rotatable bonds is 5. The highest BCUT2D eigenvalue weighted by atomic mass is 19.1. The van der Waals surface area contributed by atoms with Gasteiger partial charge in [0.1, 0.15) is 17.6 Å². The fourth-order valence-electron chi connectivity index (χ4n) is 1.89. The lowest BCUT2D eigenvalue weighted by Crippen LogP contribution is -2.12. The van der Waals surface area contributed by atoms with Gasteiger partial charge in [-0.25, -0.2) is 4.39 Å². The number of aliphatic hydroxyl groups excluding tert-OH is 1. The molecule has 0 fully saturated rings. The third kappa shape index (κ3) is 2.73. The molecule has 0 spiro atoms. The number of nitrogens with zero attached hydrogens (tertiary/aromatic N) is 3. The van der Waals surface area contributed by atoms with Crippen molar-refractivity contribution in [3.8, 4) is 5.75 Å². The summed E-state index contributed by atoms with van der Waals surface area (Å²) in [6, 6.07) is 2.71. The van der Waals surface area contributed by atoms with Crippen LogP contribution in [0.5, 0.6) is 5.75 Å². The summed E-state index contributed by atoms with van der Waals surface area (Å²) in [5, 5.41) is 14.5. The Balaban J connectivity index is 2.38. The summed E-state index contributed by atoms with van der Waals surface area (Å²) < 4.78 is 19.7. The Morgan fingerprint density at radius 3 is 2.79 bits per heavy atom. The number of hydrogen-bond donors (Lipinski definition) is 1. The molecule has 0 aliphatic heterocycles. The van der Waals surface area contributed by atoms with Crippen LogP contribution in [0.25, 0.3) is 0 Å². The molecule has 0 saturated heterocycles. The number of ether oxygens (including phenoxy) is 1. The first-order chi connectivity index (χ1) is 9.17. The van der Waals surface area contributed by atoms with Crippen molar-refractivity contribution < 1.29 is 14.2 Å². The molecule has 0 bridgehead atoms. The Hall–Kier alpha value is -1.95. The number of hydrogen-bond acceptors (Lipinski definition) is 4. The van der Waals surface area contributed by atoms with Crippen molar-refractivity contribution >= 4 is 0 Å². The summed E-state index contributed by atoms with van der Waals surface area (Å²) >= 11 is 0. The standard InChI is InChI=1S/C13H16FN3O2/c1-3-6-17-12(11(19-2)8-16-17)13(18)10-5-4-9(14)7-15-10/h4-5,7-8,13,18H,3,6H2,1-2H3. The van der Waals surface area contributed by atoms with Crippen LogP contribution in [0.1, 0.15) is 30.8 Å². The number of aromatic nitrogens is 3. The zero-order chi connectivity index (χ0) is 13.8. The third-order valence-electron chi connectivity index (χ3n) is 2.79. The monoisotopic (exact) mass is 265 g/mol. The van der Waals surface area contributed by atoms with E-state index in [1.54, 1.807) is 10.9 Å². The van der Waals surface area contributed by atoms with Gasteiger partial charge >= 0.3 is 0 Å². The predicted octanol–water partition coefficient (Wildman–Crippen LogP) is 1.92. The van der Waals surface area contributed by atoms with Crippen molar-refractivity contribution in [1.29, 1.82) is 0 Å². The highest BCUT2D eigenvalue weighted by molar-refractivity contribution is 5.32. The van der Waals surface area contributed by atoms with Gasteiger partial charge in [0.25, 0.3) is 0 Å². The van der Waals surface area contributed by atoms with E-state index in [1.807, 2.05) is 6.92 Å². The zero-order valence-electron chi connectivity index (χ0n) is 10.9. The summed E-state index contributed by atoms with van der Waals surface area (Å²) in [5.41, 5.74) is 0.890. The van der Waals surface area contributed by atoms with E-state index in [1.165, 1.54) is 19.2 Å². The molecule has 2 aromatic rings. The summed E-state index contributed by atoms with van der Waals surface area (Å²) in [4.78, 5) is 3.89. The van der Waals surface area contributed by atoms with Gasteiger partial charge in [-0.2, -0.15) is 5.10 Å². The Morgan fingerprint density at radius 1 is 1.42 bits per heavy atom. The first kappa shape index (κ1) is 13.5. The van der Waals surface area contributed by atoms with Crippen LogP contribution in [0.15, 0.2) is 24.5 Å². The molecule has 1 atom stereocenters. The van der Waals surface area contributed by atoms with Crippen LogP contribution in [0.3, 0.4) is 0 Å². The molecule has 0 radical (unpaired) electrons. The van der Waals surface area contributed by atoms with E-state index in [4.69, 9.17) is 4.74 Å². The number of aryl methyl sites for hydroxylation is 1. The minimum atomic E-state index is -0.996. The van der Waals surface area contributed by atoms with Gasteiger partial charge in [0.15, 0.2) is 5.75 Å². The van der Waals surface area contributed by atoms with Gasteiger partial charge in [0.05, 0.1) is 25.2 Å². The molecule has 0 saturated carbocycles. The Bertz CT molecular complexity index is 539. The minimum Gasteiger partial charge on any atom is -0.493 e. The topological polar surface area (TPSA) is 60.2 Å². The van der Waals surface area contributed by atoms with Gasteiger partial charge in [-0.05, 0) is 18.6 Å². The van der Waals surface area contributed by atoms with Crippen LogP contribution in [-0.4, -0.2) is 27.0 Å². The Labute approximate surface area is 110 Å². The fourth-order valence-corrected chi connectivity index (χ4v) is 1.89. The fraction of sp³-hybridized carbons (Fsp3) is 0.385. The first-order valence-electron chi connectivity index (χ1n) is 6.06. The second kappa shape index (κ2) is 5.79. The lowest BCUT2D eigenvalue weighted by Gasteiger charge is -2.14. The van der Waals surface area contributed by atoms with Crippen molar-refractivity contribution in [2.75, 3.05) is 7.11 Å². The van der Waals surface area contributed by atoms with Crippen LogP contribution in [0.4, 0.5) is 4.39 Å².